The molecule has 0 radical (unpaired) electrons. The van der Waals surface area contributed by atoms with Crippen LogP contribution in [0.1, 0.15) is 18.9 Å². The molecule has 0 fully saturated rings. The van der Waals surface area contributed by atoms with Gasteiger partial charge in [0.2, 0.25) is 11.8 Å². The Morgan fingerprint density at radius 1 is 1.00 bits per heavy atom. The quantitative estimate of drug-likeness (QED) is 0.694. The van der Waals surface area contributed by atoms with E-state index >= 15 is 0 Å². The predicted molar refractivity (Wildman–Crippen MR) is 101 cm³/mol. The van der Waals surface area contributed by atoms with Crippen LogP contribution in [0.4, 0.5) is 17.1 Å². The molecule has 5 nitrogen and oxygen atoms in total. The predicted octanol–water partition coefficient (Wildman–Crippen LogP) is 4.16. The molecule has 2 aromatic rings. The number of aryl methyl sites for hydroxylation is 1. The second-order valence-electron chi connectivity index (χ2n) is 5.31. The first-order chi connectivity index (χ1) is 11.5. The fraction of sp³-hybridized carbons (Fsp3) is 0.222. The second kappa shape index (κ2) is 8.49. The Labute approximate surface area is 150 Å². The maximum absolute atomic E-state index is 12.1. The fourth-order valence-electron chi connectivity index (χ4n) is 2.06. The van der Waals surface area contributed by atoms with Crippen molar-refractivity contribution < 1.29 is 9.59 Å². The van der Waals surface area contributed by atoms with E-state index in [2.05, 4.69) is 31.9 Å². The normalized spacial score (nSPS) is 10.1. The topological polar surface area (TPSA) is 70.2 Å². The van der Waals surface area contributed by atoms with Gasteiger partial charge < -0.3 is 16.0 Å². The number of para-hydroxylation sites is 1. The number of carbonyl (C=O) groups is 2. The Bertz CT molecular complexity index is 747. The third kappa shape index (κ3) is 5.09. The van der Waals surface area contributed by atoms with Crippen molar-refractivity contribution in [1.82, 2.24) is 0 Å². The summed E-state index contributed by atoms with van der Waals surface area (Å²) < 4.78 is 0.901. The molecule has 0 aliphatic heterocycles. The molecule has 0 aliphatic rings. The molecule has 6 heteroatoms. The molecular weight excluding hydrogens is 370 g/mol. The van der Waals surface area contributed by atoms with Crippen molar-refractivity contribution in [3.63, 3.8) is 0 Å². The number of rotatable bonds is 6. The zero-order valence-electron chi connectivity index (χ0n) is 13.7. The Hall–Kier alpha value is -2.34. The highest BCUT2D eigenvalue weighted by Crippen LogP contribution is 2.22. The number of nitrogens with one attached hydrogen (secondary N) is 3. The first kappa shape index (κ1) is 18.0. The number of hydrogen-bond acceptors (Lipinski definition) is 3. The third-order valence-electron chi connectivity index (χ3n) is 3.43. The number of benzene rings is 2. The van der Waals surface area contributed by atoms with Crippen molar-refractivity contribution in [1.29, 1.82) is 0 Å². The average molecular weight is 390 g/mol. The lowest BCUT2D eigenvalue weighted by atomic mass is 10.1. The van der Waals surface area contributed by atoms with Gasteiger partial charge in [-0.05, 0) is 52.7 Å². The van der Waals surface area contributed by atoms with E-state index in [0.717, 1.165) is 15.7 Å². The number of anilines is 3. The van der Waals surface area contributed by atoms with Crippen LogP contribution in [0.15, 0.2) is 46.9 Å². The van der Waals surface area contributed by atoms with Crippen molar-refractivity contribution in [3.8, 4) is 0 Å². The van der Waals surface area contributed by atoms with Crippen molar-refractivity contribution in [2.24, 2.45) is 0 Å². The molecule has 0 aromatic heterocycles. The molecule has 0 heterocycles. The maximum Gasteiger partial charge on any atom is 0.243 e. The van der Waals surface area contributed by atoms with Crippen LogP contribution in [0, 0.1) is 6.92 Å². The summed E-state index contributed by atoms with van der Waals surface area (Å²) in [5, 5.41) is 8.72. The molecule has 2 aromatic carbocycles. The Morgan fingerprint density at radius 3 is 2.46 bits per heavy atom. The van der Waals surface area contributed by atoms with Gasteiger partial charge in [-0.1, -0.05) is 25.1 Å². The van der Waals surface area contributed by atoms with Crippen LogP contribution in [0.2, 0.25) is 0 Å². The SMILES string of the molecule is CCC(=O)Nc1cc(NC(=O)CNc2ccccc2Br)ccc1C. The summed E-state index contributed by atoms with van der Waals surface area (Å²) in [6.45, 7) is 3.85. The van der Waals surface area contributed by atoms with E-state index < -0.39 is 0 Å². The first-order valence-electron chi connectivity index (χ1n) is 7.68. The van der Waals surface area contributed by atoms with Crippen LogP contribution < -0.4 is 16.0 Å². The van der Waals surface area contributed by atoms with Crippen LogP contribution in [0.3, 0.4) is 0 Å². The highest BCUT2D eigenvalue weighted by molar-refractivity contribution is 9.10. The zero-order chi connectivity index (χ0) is 17.5. The Morgan fingerprint density at radius 2 is 1.75 bits per heavy atom. The molecular formula is C18H20BrN3O2. The summed E-state index contributed by atoms with van der Waals surface area (Å²) in [6, 6.07) is 13.0. The number of carbonyl (C=O) groups excluding carboxylic acids is 2. The summed E-state index contributed by atoms with van der Waals surface area (Å²) in [4.78, 5) is 23.6. The monoisotopic (exact) mass is 389 g/mol. The van der Waals surface area contributed by atoms with Gasteiger partial charge in [-0.3, -0.25) is 9.59 Å². The summed E-state index contributed by atoms with van der Waals surface area (Å²) in [5.41, 5.74) is 3.15. The van der Waals surface area contributed by atoms with Gasteiger partial charge >= 0.3 is 0 Å². The summed E-state index contributed by atoms with van der Waals surface area (Å²) in [7, 11) is 0. The summed E-state index contributed by atoms with van der Waals surface area (Å²) in [6.07, 6.45) is 0.409. The van der Waals surface area contributed by atoms with Gasteiger partial charge in [0.25, 0.3) is 0 Å². The van der Waals surface area contributed by atoms with Gasteiger partial charge in [0, 0.05) is 28.0 Å². The molecule has 0 aliphatic carbocycles. The molecule has 0 unspecified atom stereocenters. The van der Waals surface area contributed by atoms with Crippen molar-refractivity contribution >= 4 is 44.8 Å². The molecule has 2 amide bonds. The highest BCUT2D eigenvalue weighted by Gasteiger charge is 2.07. The van der Waals surface area contributed by atoms with E-state index in [4.69, 9.17) is 0 Å². The van der Waals surface area contributed by atoms with Gasteiger partial charge in [-0.25, -0.2) is 0 Å². The average Bonchev–Trinajstić information content (AvgIpc) is 2.57. The van der Waals surface area contributed by atoms with Gasteiger partial charge in [0.15, 0.2) is 0 Å². The Balaban J connectivity index is 1.97. The van der Waals surface area contributed by atoms with Gasteiger partial charge in [-0.15, -0.1) is 0 Å². The minimum atomic E-state index is -0.164. The van der Waals surface area contributed by atoms with Crippen LogP contribution in [-0.2, 0) is 9.59 Å². The van der Waals surface area contributed by atoms with Crippen molar-refractivity contribution in [2.45, 2.75) is 20.3 Å². The third-order valence-corrected chi connectivity index (χ3v) is 4.12. The molecule has 24 heavy (non-hydrogen) atoms. The lowest BCUT2D eigenvalue weighted by Gasteiger charge is -2.12. The molecule has 126 valence electrons. The molecule has 0 spiro atoms. The summed E-state index contributed by atoms with van der Waals surface area (Å²) >= 11 is 3.43. The molecule has 3 N–H and O–H groups in total. The van der Waals surface area contributed by atoms with Gasteiger partial charge in [-0.2, -0.15) is 0 Å². The molecule has 0 saturated carbocycles. The molecule has 0 saturated heterocycles. The van der Waals surface area contributed by atoms with E-state index in [1.165, 1.54) is 0 Å². The second-order valence-corrected chi connectivity index (χ2v) is 6.17. The number of amides is 2. The molecule has 2 rings (SSSR count). The maximum atomic E-state index is 12.1. The van der Waals surface area contributed by atoms with Crippen LogP contribution in [0.5, 0.6) is 0 Å². The first-order valence-corrected chi connectivity index (χ1v) is 8.47. The van der Waals surface area contributed by atoms with E-state index in [1.807, 2.05) is 43.3 Å². The fourth-order valence-corrected chi connectivity index (χ4v) is 2.48. The minimum absolute atomic E-state index is 0.0582. The Kier molecular flexibility index (Phi) is 6.37. The van der Waals surface area contributed by atoms with Crippen LogP contribution in [0.25, 0.3) is 0 Å². The number of halogens is 1. The minimum Gasteiger partial charge on any atom is -0.375 e. The van der Waals surface area contributed by atoms with Crippen LogP contribution >= 0.6 is 15.9 Å². The van der Waals surface area contributed by atoms with E-state index in [1.54, 1.807) is 13.0 Å². The van der Waals surface area contributed by atoms with E-state index in [9.17, 15) is 9.59 Å². The largest absolute Gasteiger partial charge is 0.375 e. The van der Waals surface area contributed by atoms with E-state index in [0.29, 0.717) is 17.8 Å². The molecule has 0 atom stereocenters. The van der Waals surface area contributed by atoms with Gasteiger partial charge in [0.05, 0.1) is 6.54 Å². The zero-order valence-corrected chi connectivity index (χ0v) is 15.2. The smallest absolute Gasteiger partial charge is 0.243 e. The van der Waals surface area contributed by atoms with E-state index in [-0.39, 0.29) is 18.4 Å². The van der Waals surface area contributed by atoms with Gasteiger partial charge in [0.1, 0.15) is 0 Å². The van der Waals surface area contributed by atoms with Crippen LogP contribution in [-0.4, -0.2) is 18.4 Å². The van der Waals surface area contributed by atoms with Crippen molar-refractivity contribution in [2.75, 3.05) is 22.5 Å². The lowest BCUT2D eigenvalue weighted by Crippen LogP contribution is -2.22. The van der Waals surface area contributed by atoms with Crippen molar-refractivity contribution in [3.05, 3.63) is 52.5 Å². The highest BCUT2D eigenvalue weighted by atomic mass is 79.9. The standard InChI is InChI=1S/C18H20BrN3O2/c1-3-17(23)22-16-10-13(9-8-12(16)2)21-18(24)11-20-15-7-5-4-6-14(15)19/h4-10,20H,3,11H2,1-2H3,(H,21,24)(H,22,23). The lowest BCUT2D eigenvalue weighted by molar-refractivity contribution is -0.116. The molecule has 0 bridgehead atoms. The summed E-state index contributed by atoms with van der Waals surface area (Å²) in [5.74, 6) is -0.223. The number of hydrogen-bond donors (Lipinski definition) is 3.